The molecule has 0 fully saturated rings. The SMILES string of the molecule is CN=C(N(C)C)[N+](C)(C)C.F[B-](F)(F)F. The molecule has 0 spiro atoms. The van der Waals surface area contributed by atoms with Crippen LogP contribution >= 0.6 is 0 Å². The molecule has 3 nitrogen and oxygen atoms in total. The molecule has 0 bridgehead atoms. The summed E-state index contributed by atoms with van der Waals surface area (Å²) >= 11 is 0. The highest BCUT2D eigenvalue weighted by atomic mass is 19.5. The van der Waals surface area contributed by atoms with Gasteiger partial charge in [-0.25, -0.2) is 4.99 Å². The number of aliphatic imine (C=N–C) groups is 1. The van der Waals surface area contributed by atoms with Gasteiger partial charge < -0.3 is 22.2 Å². The summed E-state index contributed by atoms with van der Waals surface area (Å²) in [5, 5.41) is 0. The summed E-state index contributed by atoms with van der Waals surface area (Å²) in [5.41, 5.74) is 0. The first-order valence-corrected chi connectivity index (χ1v) is 4.23. The predicted octanol–water partition coefficient (Wildman–Crippen LogP) is 1.54. The largest absolute Gasteiger partial charge is 0.673 e. The predicted molar refractivity (Wildman–Crippen MR) is 55.3 cm³/mol. The van der Waals surface area contributed by atoms with Crippen molar-refractivity contribution in [2.24, 2.45) is 4.99 Å². The smallest absolute Gasteiger partial charge is 0.418 e. The van der Waals surface area contributed by atoms with E-state index in [2.05, 4.69) is 26.1 Å². The highest BCUT2D eigenvalue weighted by molar-refractivity contribution is 6.50. The van der Waals surface area contributed by atoms with Crippen molar-refractivity contribution >= 4 is 13.2 Å². The molecule has 0 amide bonds. The number of guanidine groups is 1. The second-order valence-corrected chi connectivity index (χ2v) is 3.93. The molecule has 0 radical (unpaired) electrons. The molecule has 0 unspecified atom stereocenters. The number of halogens is 4. The van der Waals surface area contributed by atoms with Crippen LogP contribution in [0.1, 0.15) is 0 Å². The first-order chi connectivity index (χ1) is 6.39. The Bertz CT molecular complexity index is 201. The number of quaternary nitrogens is 1. The second kappa shape index (κ2) is 5.94. The minimum atomic E-state index is -6.00. The fourth-order valence-electron chi connectivity index (χ4n) is 1.10. The van der Waals surface area contributed by atoms with Gasteiger partial charge in [-0.1, -0.05) is 0 Å². The lowest BCUT2D eigenvalue weighted by Gasteiger charge is -2.28. The first-order valence-electron chi connectivity index (χ1n) is 4.23. The highest BCUT2D eigenvalue weighted by Crippen LogP contribution is 2.06. The van der Waals surface area contributed by atoms with E-state index in [9.17, 15) is 17.3 Å². The Morgan fingerprint density at radius 3 is 1.33 bits per heavy atom. The van der Waals surface area contributed by atoms with Crippen LogP contribution in [-0.2, 0) is 0 Å². The van der Waals surface area contributed by atoms with Crippen LogP contribution in [0.5, 0.6) is 0 Å². The van der Waals surface area contributed by atoms with Gasteiger partial charge in [0.05, 0.1) is 21.1 Å². The zero-order valence-corrected chi connectivity index (χ0v) is 9.93. The van der Waals surface area contributed by atoms with Gasteiger partial charge in [-0.3, -0.25) is 4.48 Å². The van der Waals surface area contributed by atoms with E-state index in [1.54, 1.807) is 0 Å². The van der Waals surface area contributed by atoms with Crippen molar-refractivity contribution in [2.45, 2.75) is 0 Å². The van der Waals surface area contributed by atoms with Gasteiger partial charge in [0.15, 0.2) is 0 Å². The summed E-state index contributed by atoms with van der Waals surface area (Å²) in [4.78, 5) is 6.20. The third-order valence-electron chi connectivity index (χ3n) is 1.20. The quantitative estimate of drug-likeness (QED) is 0.203. The van der Waals surface area contributed by atoms with Crippen molar-refractivity contribution in [3.05, 3.63) is 0 Å². The molecule has 0 aromatic rings. The van der Waals surface area contributed by atoms with E-state index in [-0.39, 0.29) is 0 Å². The van der Waals surface area contributed by atoms with Crippen LogP contribution in [0.4, 0.5) is 17.3 Å². The molecule has 92 valence electrons. The van der Waals surface area contributed by atoms with E-state index in [1.165, 1.54) is 0 Å². The van der Waals surface area contributed by atoms with Gasteiger partial charge in [-0.05, 0) is 0 Å². The number of hydrogen-bond donors (Lipinski definition) is 0. The number of rotatable bonds is 0. The maximum atomic E-state index is 9.75. The molecule has 0 aliphatic rings. The van der Waals surface area contributed by atoms with Crippen LogP contribution < -0.4 is 0 Å². The minimum Gasteiger partial charge on any atom is -0.418 e. The van der Waals surface area contributed by atoms with E-state index < -0.39 is 7.25 Å². The Hall–Kier alpha value is -0.785. The molecule has 0 aliphatic heterocycles. The molecule has 0 rings (SSSR count). The average molecular weight is 231 g/mol. The Morgan fingerprint density at radius 1 is 1.07 bits per heavy atom. The number of hydrogen-bond acceptors (Lipinski definition) is 1. The topological polar surface area (TPSA) is 15.6 Å². The van der Waals surface area contributed by atoms with E-state index in [4.69, 9.17) is 0 Å². The van der Waals surface area contributed by atoms with Crippen LogP contribution in [0.15, 0.2) is 4.99 Å². The van der Waals surface area contributed by atoms with Crippen LogP contribution in [0, 0.1) is 0 Å². The lowest BCUT2D eigenvalue weighted by molar-refractivity contribution is -0.782. The van der Waals surface area contributed by atoms with Gasteiger partial charge in [0.2, 0.25) is 0 Å². The third kappa shape index (κ3) is 13.2. The van der Waals surface area contributed by atoms with Crippen molar-refractivity contribution in [1.82, 2.24) is 4.90 Å². The molecular formula is C7H18BF4N3. The molecule has 15 heavy (non-hydrogen) atoms. The lowest BCUT2D eigenvalue weighted by atomic mass is 10.3. The summed E-state index contributed by atoms with van der Waals surface area (Å²) in [5.74, 6) is 1.07. The van der Waals surface area contributed by atoms with Crippen molar-refractivity contribution in [3.63, 3.8) is 0 Å². The van der Waals surface area contributed by atoms with Crippen molar-refractivity contribution in [3.8, 4) is 0 Å². The standard InChI is InChI=1S/C7H18N3.BF4/c1-8-7(9(2)3)10(4,5)6;2-1(3,4)5/h1-6H3;/q+1;-1. The monoisotopic (exact) mass is 231 g/mol. The van der Waals surface area contributed by atoms with Crippen molar-refractivity contribution in [1.29, 1.82) is 0 Å². The Balaban J connectivity index is 0. The van der Waals surface area contributed by atoms with Crippen LogP contribution in [0.3, 0.4) is 0 Å². The molecule has 0 heterocycles. The van der Waals surface area contributed by atoms with Gasteiger partial charge in [-0.2, -0.15) is 0 Å². The summed E-state index contributed by atoms with van der Waals surface area (Å²) in [7, 11) is 6.13. The maximum absolute atomic E-state index is 9.75. The van der Waals surface area contributed by atoms with E-state index in [0.29, 0.717) is 0 Å². The van der Waals surface area contributed by atoms with Crippen LogP contribution in [-0.4, -0.2) is 64.9 Å². The Labute approximate surface area is 88.1 Å². The summed E-state index contributed by atoms with van der Waals surface area (Å²) in [6.07, 6.45) is 0. The summed E-state index contributed by atoms with van der Waals surface area (Å²) in [6, 6.07) is 0. The van der Waals surface area contributed by atoms with Crippen LogP contribution in [0.25, 0.3) is 0 Å². The van der Waals surface area contributed by atoms with E-state index in [0.717, 1.165) is 10.4 Å². The van der Waals surface area contributed by atoms with E-state index in [1.807, 2.05) is 26.0 Å². The molecular weight excluding hydrogens is 213 g/mol. The second-order valence-electron chi connectivity index (χ2n) is 3.93. The molecule has 8 heteroatoms. The fourth-order valence-corrected chi connectivity index (χ4v) is 1.10. The fraction of sp³-hybridized carbons (Fsp3) is 0.857. The normalized spacial score (nSPS) is 13.1. The highest BCUT2D eigenvalue weighted by Gasteiger charge is 2.20. The van der Waals surface area contributed by atoms with Gasteiger partial charge in [0.25, 0.3) is 5.96 Å². The number of nitrogens with zero attached hydrogens (tertiary/aromatic N) is 3. The summed E-state index contributed by atoms with van der Waals surface area (Å²) in [6.45, 7) is 0. The zero-order chi connectivity index (χ0) is 12.9. The molecule has 0 saturated carbocycles. The Kier molecular flexibility index (Phi) is 6.59. The molecule has 0 aromatic heterocycles. The molecule has 0 saturated heterocycles. The molecule has 0 aliphatic carbocycles. The minimum absolute atomic E-state index is 0.767. The maximum Gasteiger partial charge on any atom is 0.673 e. The molecule has 0 aromatic carbocycles. The van der Waals surface area contributed by atoms with Gasteiger partial charge >= 0.3 is 7.25 Å². The summed E-state index contributed by atoms with van der Waals surface area (Å²) < 4.78 is 39.8. The van der Waals surface area contributed by atoms with Gasteiger partial charge in [-0.15, -0.1) is 0 Å². The van der Waals surface area contributed by atoms with Gasteiger partial charge in [0, 0.05) is 21.1 Å². The van der Waals surface area contributed by atoms with E-state index >= 15 is 0 Å². The average Bonchev–Trinajstić information content (AvgIpc) is 1.78. The first kappa shape index (κ1) is 16.6. The van der Waals surface area contributed by atoms with Crippen LogP contribution in [0.2, 0.25) is 0 Å². The lowest BCUT2D eigenvalue weighted by Crippen LogP contribution is -2.48. The zero-order valence-electron chi connectivity index (χ0n) is 9.93. The Morgan fingerprint density at radius 2 is 1.33 bits per heavy atom. The van der Waals surface area contributed by atoms with Crippen molar-refractivity contribution < 1.29 is 21.7 Å². The van der Waals surface area contributed by atoms with Gasteiger partial charge in [0.1, 0.15) is 0 Å². The third-order valence-corrected chi connectivity index (χ3v) is 1.20. The molecule has 0 atom stereocenters. The van der Waals surface area contributed by atoms with Crippen molar-refractivity contribution in [2.75, 3.05) is 42.3 Å². The molecule has 0 N–H and O–H groups in total.